The van der Waals surface area contributed by atoms with Gasteiger partial charge in [0.2, 0.25) is 5.91 Å². The molecule has 5 heteroatoms. The summed E-state index contributed by atoms with van der Waals surface area (Å²) in [5.74, 6) is -0.740. The van der Waals surface area contributed by atoms with Gasteiger partial charge in [-0.3, -0.25) is 9.59 Å². The Bertz CT molecular complexity index is 408. The summed E-state index contributed by atoms with van der Waals surface area (Å²) in [4.78, 5) is 28.3. The topological polar surface area (TPSA) is 60.9 Å². The molecular weight excluding hydrogens is 280 g/mol. The van der Waals surface area contributed by atoms with Crippen molar-refractivity contribution in [1.82, 2.24) is 9.80 Å². The van der Waals surface area contributed by atoms with Gasteiger partial charge in [-0.25, -0.2) is 0 Å². The number of carbonyl (C=O) groups excluding carboxylic acids is 1. The van der Waals surface area contributed by atoms with Crippen LogP contribution in [0.5, 0.6) is 0 Å². The highest BCUT2D eigenvalue weighted by molar-refractivity contribution is 5.83. The van der Waals surface area contributed by atoms with E-state index in [4.69, 9.17) is 0 Å². The van der Waals surface area contributed by atoms with Crippen LogP contribution in [0.2, 0.25) is 0 Å². The fraction of sp³-hybridized carbons (Fsp3) is 0.882. The monoisotopic (exact) mass is 308 g/mol. The first kappa shape index (κ1) is 15.8. The maximum absolute atomic E-state index is 12.9. The van der Waals surface area contributed by atoms with Crippen molar-refractivity contribution in [2.75, 3.05) is 19.6 Å². The molecule has 0 spiro atoms. The van der Waals surface area contributed by atoms with Crippen LogP contribution in [0.25, 0.3) is 0 Å². The van der Waals surface area contributed by atoms with E-state index in [0.29, 0.717) is 0 Å². The molecule has 0 aromatic rings. The summed E-state index contributed by atoms with van der Waals surface area (Å²) >= 11 is 0. The Morgan fingerprint density at radius 3 is 2.14 bits per heavy atom. The molecule has 0 aromatic heterocycles. The van der Waals surface area contributed by atoms with Gasteiger partial charge in [0, 0.05) is 18.0 Å². The summed E-state index contributed by atoms with van der Waals surface area (Å²) in [6.07, 6.45) is 9.82. The van der Waals surface area contributed by atoms with E-state index in [0.717, 1.165) is 57.7 Å². The van der Waals surface area contributed by atoms with Crippen LogP contribution in [-0.2, 0) is 9.59 Å². The molecule has 124 valence electrons. The predicted molar refractivity (Wildman–Crippen MR) is 83.5 cm³/mol. The molecular formula is C17H28N2O3. The van der Waals surface area contributed by atoms with Crippen LogP contribution in [0.4, 0.5) is 0 Å². The van der Waals surface area contributed by atoms with Crippen molar-refractivity contribution in [1.29, 1.82) is 0 Å². The number of rotatable bonds is 5. The Balaban J connectivity index is 1.59. The molecule has 1 saturated heterocycles. The lowest BCUT2D eigenvalue weighted by Crippen LogP contribution is -2.49. The van der Waals surface area contributed by atoms with Gasteiger partial charge in [0.05, 0.1) is 0 Å². The Kier molecular flexibility index (Phi) is 5.01. The van der Waals surface area contributed by atoms with Crippen LogP contribution in [0, 0.1) is 5.92 Å². The standard InChI is InChI=1S/C17H28N2O3/c20-16(21)12-19(15-4-2-1-3-5-15)17(22)13-8-10-18(11-9-13)14-6-7-14/h13-15H,1-12H2,(H,20,21). The zero-order valence-electron chi connectivity index (χ0n) is 13.4. The summed E-state index contributed by atoms with van der Waals surface area (Å²) in [6, 6.07) is 0.920. The van der Waals surface area contributed by atoms with Crippen LogP contribution in [0.3, 0.4) is 0 Å². The average molecular weight is 308 g/mol. The van der Waals surface area contributed by atoms with Crippen molar-refractivity contribution in [3.05, 3.63) is 0 Å². The fourth-order valence-corrected chi connectivity index (χ4v) is 4.11. The fourth-order valence-electron chi connectivity index (χ4n) is 4.11. The smallest absolute Gasteiger partial charge is 0.323 e. The molecule has 1 amide bonds. The number of piperidine rings is 1. The molecule has 1 heterocycles. The van der Waals surface area contributed by atoms with Gasteiger partial charge in [-0.1, -0.05) is 19.3 Å². The number of likely N-dealkylation sites (tertiary alicyclic amines) is 1. The molecule has 0 radical (unpaired) electrons. The van der Waals surface area contributed by atoms with Crippen molar-refractivity contribution in [3.63, 3.8) is 0 Å². The number of carboxylic acids is 1. The van der Waals surface area contributed by atoms with Crippen LogP contribution in [0.1, 0.15) is 57.8 Å². The lowest BCUT2D eigenvalue weighted by molar-refractivity contribution is -0.149. The Morgan fingerprint density at radius 2 is 1.59 bits per heavy atom. The van der Waals surface area contributed by atoms with E-state index < -0.39 is 5.97 Å². The second kappa shape index (κ2) is 6.99. The zero-order chi connectivity index (χ0) is 15.5. The van der Waals surface area contributed by atoms with E-state index in [1.54, 1.807) is 4.90 Å². The van der Waals surface area contributed by atoms with Gasteiger partial charge in [-0.05, 0) is 51.6 Å². The van der Waals surface area contributed by atoms with E-state index in [-0.39, 0.29) is 24.4 Å². The molecule has 3 rings (SSSR count). The Morgan fingerprint density at radius 1 is 0.955 bits per heavy atom. The number of nitrogens with zero attached hydrogens (tertiary/aromatic N) is 2. The highest BCUT2D eigenvalue weighted by Crippen LogP contribution is 2.32. The van der Waals surface area contributed by atoms with Gasteiger partial charge in [0.25, 0.3) is 0 Å². The largest absolute Gasteiger partial charge is 0.480 e. The number of carbonyl (C=O) groups is 2. The molecule has 22 heavy (non-hydrogen) atoms. The van der Waals surface area contributed by atoms with E-state index in [1.165, 1.54) is 19.3 Å². The van der Waals surface area contributed by atoms with Gasteiger partial charge < -0.3 is 14.9 Å². The molecule has 3 aliphatic rings. The van der Waals surface area contributed by atoms with Gasteiger partial charge >= 0.3 is 5.97 Å². The van der Waals surface area contributed by atoms with E-state index >= 15 is 0 Å². The first-order valence-electron chi connectivity index (χ1n) is 8.91. The lowest BCUT2D eigenvalue weighted by Gasteiger charge is -2.38. The Labute approximate surface area is 132 Å². The maximum Gasteiger partial charge on any atom is 0.323 e. The SMILES string of the molecule is O=C(O)CN(C(=O)C1CCN(C2CC2)CC1)C1CCCCC1. The predicted octanol–water partition coefficient (Wildman–Crippen LogP) is 2.11. The minimum absolute atomic E-state index is 0.0382. The first-order valence-corrected chi connectivity index (χ1v) is 8.91. The summed E-state index contributed by atoms with van der Waals surface area (Å²) in [7, 11) is 0. The summed E-state index contributed by atoms with van der Waals surface area (Å²) < 4.78 is 0. The molecule has 3 fully saturated rings. The van der Waals surface area contributed by atoms with Gasteiger partial charge in [0.1, 0.15) is 6.54 Å². The van der Waals surface area contributed by atoms with Gasteiger partial charge in [0.15, 0.2) is 0 Å². The molecule has 0 bridgehead atoms. The number of carboxylic acid groups (broad SMARTS) is 1. The summed E-state index contributed by atoms with van der Waals surface area (Å²) in [5, 5.41) is 9.18. The molecule has 1 aliphatic heterocycles. The molecule has 2 aliphatic carbocycles. The Hall–Kier alpha value is -1.10. The number of aliphatic carboxylic acids is 1. The van der Waals surface area contributed by atoms with Crippen LogP contribution in [0.15, 0.2) is 0 Å². The number of hydrogen-bond acceptors (Lipinski definition) is 3. The highest BCUT2D eigenvalue weighted by atomic mass is 16.4. The van der Waals surface area contributed by atoms with Crippen molar-refractivity contribution in [2.45, 2.75) is 69.9 Å². The minimum Gasteiger partial charge on any atom is -0.480 e. The van der Waals surface area contributed by atoms with Crippen LogP contribution >= 0.6 is 0 Å². The minimum atomic E-state index is -0.880. The van der Waals surface area contributed by atoms with Gasteiger partial charge in [-0.15, -0.1) is 0 Å². The highest BCUT2D eigenvalue weighted by Gasteiger charge is 2.37. The van der Waals surface area contributed by atoms with E-state index in [9.17, 15) is 14.7 Å². The lowest BCUT2D eigenvalue weighted by atomic mass is 9.90. The van der Waals surface area contributed by atoms with Crippen molar-refractivity contribution < 1.29 is 14.7 Å². The first-order chi connectivity index (χ1) is 10.6. The number of amides is 1. The molecule has 0 atom stereocenters. The third-order valence-electron chi connectivity index (χ3n) is 5.55. The number of hydrogen-bond donors (Lipinski definition) is 1. The van der Waals surface area contributed by atoms with Crippen LogP contribution in [-0.4, -0.2) is 58.5 Å². The van der Waals surface area contributed by atoms with E-state index in [1.807, 2.05) is 0 Å². The third-order valence-corrected chi connectivity index (χ3v) is 5.55. The van der Waals surface area contributed by atoms with Crippen LogP contribution < -0.4 is 0 Å². The second-order valence-corrected chi connectivity index (χ2v) is 7.19. The molecule has 0 aromatic carbocycles. The molecule has 2 saturated carbocycles. The van der Waals surface area contributed by atoms with Crippen molar-refractivity contribution in [3.8, 4) is 0 Å². The zero-order valence-corrected chi connectivity index (χ0v) is 13.4. The second-order valence-electron chi connectivity index (χ2n) is 7.19. The van der Waals surface area contributed by atoms with Gasteiger partial charge in [-0.2, -0.15) is 0 Å². The average Bonchev–Trinajstić information content (AvgIpc) is 3.38. The van der Waals surface area contributed by atoms with Crippen molar-refractivity contribution >= 4 is 11.9 Å². The third kappa shape index (κ3) is 3.80. The maximum atomic E-state index is 12.9. The van der Waals surface area contributed by atoms with Crippen molar-refractivity contribution in [2.24, 2.45) is 5.92 Å². The summed E-state index contributed by atoms with van der Waals surface area (Å²) in [5.41, 5.74) is 0. The normalized spacial score (nSPS) is 25.1. The molecule has 1 N–H and O–H groups in total. The molecule has 0 unspecified atom stereocenters. The van der Waals surface area contributed by atoms with E-state index in [2.05, 4.69) is 4.90 Å². The quantitative estimate of drug-likeness (QED) is 0.845. The molecule has 5 nitrogen and oxygen atoms in total. The summed E-state index contributed by atoms with van der Waals surface area (Å²) in [6.45, 7) is 1.89.